The monoisotopic (exact) mass is 327 g/mol. The van der Waals surface area contributed by atoms with Gasteiger partial charge in [0.05, 0.1) is 4.88 Å². The maximum absolute atomic E-state index is 11.1. The fourth-order valence-electron chi connectivity index (χ4n) is 1.39. The van der Waals surface area contributed by atoms with Gasteiger partial charge in [-0.15, -0.1) is 11.3 Å². The third-order valence-corrected chi connectivity index (χ3v) is 4.15. The molecule has 18 heavy (non-hydrogen) atoms. The maximum atomic E-state index is 11.1. The Kier molecular flexibility index (Phi) is 3.98. The number of thiophene rings is 1. The van der Waals surface area contributed by atoms with Gasteiger partial charge in [0.1, 0.15) is 6.61 Å². The molecule has 6 heteroatoms. The second-order valence-electron chi connectivity index (χ2n) is 3.58. The Morgan fingerprint density at radius 3 is 2.89 bits per heavy atom. The second kappa shape index (κ2) is 5.49. The van der Waals surface area contributed by atoms with Crippen LogP contribution in [0.2, 0.25) is 0 Å². The van der Waals surface area contributed by atoms with Crippen molar-refractivity contribution in [1.29, 1.82) is 0 Å². The van der Waals surface area contributed by atoms with Crippen molar-refractivity contribution in [2.45, 2.75) is 13.5 Å². The number of aromatic nitrogens is 1. The molecule has 0 aliphatic heterocycles. The molecule has 0 aromatic carbocycles. The first-order chi connectivity index (χ1) is 8.58. The van der Waals surface area contributed by atoms with Gasteiger partial charge >= 0.3 is 5.97 Å². The Hall–Kier alpha value is -1.40. The standard InChI is InChI=1S/C12H10BrNO3S/c1-7-2-3-9(11(14-7)12(15)16)17-6-10-8(13)4-5-18-10/h2-5H,6H2,1H3,(H,15,16). The van der Waals surface area contributed by atoms with Crippen molar-refractivity contribution < 1.29 is 14.6 Å². The lowest BCUT2D eigenvalue weighted by molar-refractivity contribution is 0.0684. The molecule has 94 valence electrons. The van der Waals surface area contributed by atoms with Crippen molar-refractivity contribution in [3.63, 3.8) is 0 Å². The van der Waals surface area contributed by atoms with Crippen LogP contribution in [0.5, 0.6) is 5.75 Å². The molecule has 2 heterocycles. The maximum Gasteiger partial charge on any atom is 0.358 e. The van der Waals surface area contributed by atoms with Gasteiger partial charge in [0, 0.05) is 10.2 Å². The highest BCUT2D eigenvalue weighted by molar-refractivity contribution is 9.10. The summed E-state index contributed by atoms with van der Waals surface area (Å²) in [6.45, 7) is 2.06. The molecule has 0 unspecified atom stereocenters. The van der Waals surface area contributed by atoms with Crippen LogP contribution in [0.25, 0.3) is 0 Å². The normalized spacial score (nSPS) is 10.3. The molecular formula is C12H10BrNO3S. The van der Waals surface area contributed by atoms with Gasteiger partial charge < -0.3 is 9.84 Å². The molecule has 2 aromatic rings. The van der Waals surface area contributed by atoms with E-state index in [0.29, 0.717) is 12.3 Å². The van der Waals surface area contributed by atoms with Gasteiger partial charge in [0.25, 0.3) is 0 Å². The zero-order chi connectivity index (χ0) is 13.1. The predicted molar refractivity (Wildman–Crippen MR) is 72.3 cm³/mol. The van der Waals surface area contributed by atoms with E-state index < -0.39 is 5.97 Å². The van der Waals surface area contributed by atoms with Crippen LogP contribution >= 0.6 is 27.3 Å². The topological polar surface area (TPSA) is 59.4 Å². The molecule has 0 radical (unpaired) electrons. The number of carbonyl (C=O) groups is 1. The zero-order valence-electron chi connectivity index (χ0n) is 9.51. The highest BCUT2D eigenvalue weighted by atomic mass is 79.9. The van der Waals surface area contributed by atoms with Gasteiger partial charge in [-0.1, -0.05) is 0 Å². The first-order valence-electron chi connectivity index (χ1n) is 5.13. The summed E-state index contributed by atoms with van der Waals surface area (Å²) in [5.74, 6) is -0.799. The fraction of sp³-hybridized carbons (Fsp3) is 0.167. The van der Waals surface area contributed by atoms with Gasteiger partial charge in [0.2, 0.25) is 0 Å². The summed E-state index contributed by atoms with van der Waals surface area (Å²) < 4.78 is 6.48. The van der Waals surface area contributed by atoms with Gasteiger partial charge in [0.15, 0.2) is 11.4 Å². The van der Waals surface area contributed by atoms with E-state index in [0.717, 1.165) is 9.35 Å². The van der Waals surface area contributed by atoms with E-state index in [2.05, 4.69) is 20.9 Å². The summed E-state index contributed by atoms with van der Waals surface area (Å²) in [5, 5.41) is 11.0. The zero-order valence-corrected chi connectivity index (χ0v) is 11.9. The van der Waals surface area contributed by atoms with Gasteiger partial charge in [-0.05, 0) is 46.4 Å². The Labute approximate surface area is 116 Å². The van der Waals surface area contributed by atoms with Crippen molar-refractivity contribution in [3.05, 3.63) is 44.3 Å². The molecule has 0 fully saturated rings. The molecule has 0 amide bonds. The molecule has 0 atom stereocenters. The fourth-order valence-corrected chi connectivity index (χ4v) is 2.76. The van der Waals surface area contributed by atoms with E-state index in [9.17, 15) is 4.79 Å². The molecule has 0 aliphatic rings. The molecule has 2 rings (SSSR count). The third kappa shape index (κ3) is 2.88. The number of carboxylic acids is 1. The van der Waals surface area contributed by atoms with Crippen molar-refractivity contribution >= 4 is 33.2 Å². The Morgan fingerprint density at radius 1 is 1.50 bits per heavy atom. The van der Waals surface area contributed by atoms with Crippen molar-refractivity contribution in [2.24, 2.45) is 0 Å². The number of aryl methyl sites for hydroxylation is 1. The van der Waals surface area contributed by atoms with Gasteiger partial charge in [-0.2, -0.15) is 0 Å². The van der Waals surface area contributed by atoms with E-state index in [1.54, 1.807) is 30.4 Å². The largest absolute Gasteiger partial charge is 0.485 e. The second-order valence-corrected chi connectivity index (χ2v) is 5.44. The van der Waals surface area contributed by atoms with Crippen LogP contribution in [0.15, 0.2) is 28.1 Å². The highest BCUT2D eigenvalue weighted by Gasteiger charge is 2.14. The smallest absolute Gasteiger partial charge is 0.358 e. The summed E-state index contributed by atoms with van der Waals surface area (Å²) in [6, 6.07) is 5.29. The molecule has 2 aromatic heterocycles. The lowest BCUT2D eigenvalue weighted by Crippen LogP contribution is -2.06. The number of nitrogens with zero attached hydrogens (tertiary/aromatic N) is 1. The predicted octanol–water partition coefficient (Wildman–Crippen LogP) is 3.49. The Balaban J connectivity index is 2.19. The summed E-state index contributed by atoms with van der Waals surface area (Å²) in [4.78, 5) is 16.0. The van der Waals surface area contributed by atoms with Crippen LogP contribution < -0.4 is 4.74 Å². The van der Waals surface area contributed by atoms with Crippen LogP contribution in [0, 0.1) is 6.92 Å². The van der Waals surface area contributed by atoms with E-state index in [4.69, 9.17) is 9.84 Å². The average molecular weight is 328 g/mol. The average Bonchev–Trinajstić information content (AvgIpc) is 2.73. The SMILES string of the molecule is Cc1ccc(OCc2sccc2Br)c(C(=O)O)n1. The number of hydrogen-bond donors (Lipinski definition) is 1. The van der Waals surface area contributed by atoms with E-state index in [-0.39, 0.29) is 11.4 Å². The van der Waals surface area contributed by atoms with E-state index in [1.807, 2.05) is 11.4 Å². The van der Waals surface area contributed by atoms with Crippen molar-refractivity contribution in [2.75, 3.05) is 0 Å². The number of rotatable bonds is 4. The molecular weight excluding hydrogens is 318 g/mol. The summed E-state index contributed by atoms with van der Waals surface area (Å²) in [5.41, 5.74) is 0.597. The van der Waals surface area contributed by atoms with Crippen molar-refractivity contribution in [3.8, 4) is 5.75 Å². The number of aromatic carboxylic acids is 1. The number of pyridine rings is 1. The summed E-state index contributed by atoms with van der Waals surface area (Å²) in [6.07, 6.45) is 0. The van der Waals surface area contributed by atoms with E-state index >= 15 is 0 Å². The van der Waals surface area contributed by atoms with Crippen LogP contribution in [0.1, 0.15) is 21.1 Å². The van der Waals surface area contributed by atoms with Crippen LogP contribution in [0.4, 0.5) is 0 Å². The molecule has 0 saturated heterocycles. The quantitative estimate of drug-likeness (QED) is 0.933. The van der Waals surface area contributed by atoms with Crippen LogP contribution in [0.3, 0.4) is 0 Å². The lowest BCUT2D eigenvalue weighted by atomic mass is 10.3. The number of hydrogen-bond acceptors (Lipinski definition) is 4. The molecule has 0 bridgehead atoms. The summed E-state index contributed by atoms with van der Waals surface area (Å²) >= 11 is 4.94. The third-order valence-electron chi connectivity index (χ3n) is 2.25. The van der Waals surface area contributed by atoms with E-state index in [1.165, 1.54) is 0 Å². The lowest BCUT2D eigenvalue weighted by Gasteiger charge is -2.08. The van der Waals surface area contributed by atoms with Gasteiger partial charge in [-0.3, -0.25) is 0 Å². The molecule has 4 nitrogen and oxygen atoms in total. The molecule has 1 N–H and O–H groups in total. The highest BCUT2D eigenvalue weighted by Crippen LogP contribution is 2.25. The Bertz CT molecular complexity index is 582. The Morgan fingerprint density at radius 2 is 2.28 bits per heavy atom. The molecule has 0 saturated carbocycles. The number of carboxylic acid groups (broad SMARTS) is 1. The minimum absolute atomic E-state index is 0.0531. The number of ether oxygens (including phenoxy) is 1. The van der Waals surface area contributed by atoms with Gasteiger partial charge in [-0.25, -0.2) is 9.78 Å². The molecule has 0 spiro atoms. The first kappa shape index (κ1) is 13.0. The minimum Gasteiger partial charge on any atom is -0.485 e. The first-order valence-corrected chi connectivity index (χ1v) is 6.81. The van der Waals surface area contributed by atoms with Crippen LogP contribution in [-0.2, 0) is 6.61 Å². The molecule has 0 aliphatic carbocycles. The summed E-state index contributed by atoms with van der Waals surface area (Å²) in [7, 11) is 0. The van der Waals surface area contributed by atoms with Crippen LogP contribution in [-0.4, -0.2) is 16.1 Å². The number of halogens is 1. The minimum atomic E-state index is -1.08. The van der Waals surface area contributed by atoms with Crippen molar-refractivity contribution in [1.82, 2.24) is 4.98 Å².